The molecule has 0 bridgehead atoms. The number of aryl methyl sites for hydroxylation is 2. The lowest BCUT2D eigenvalue weighted by atomic mass is 10.1. The number of carbonyl (C=O) groups excluding carboxylic acids is 1. The molecule has 0 spiro atoms. The van der Waals surface area contributed by atoms with Crippen molar-refractivity contribution in [1.29, 1.82) is 0 Å². The van der Waals surface area contributed by atoms with Crippen molar-refractivity contribution in [2.24, 2.45) is 0 Å². The second-order valence-corrected chi connectivity index (χ2v) is 8.23. The zero-order valence-corrected chi connectivity index (χ0v) is 18.1. The van der Waals surface area contributed by atoms with Gasteiger partial charge in [-0.25, -0.2) is 0 Å². The van der Waals surface area contributed by atoms with Crippen LogP contribution in [0.25, 0.3) is 11.4 Å². The minimum atomic E-state index is -0.0615. The molecule has 30 heavy (non-hydrogen) atoms. The van der Waals surface area contributed by atoms with Gasteiger partial charge >= 0.3 is 0 Å². The Bertz CT molecular complexity index is 1010. The maximum absolute atomic E-state index is 12.6. The van der Waals surface area contributed by atoms with E-state index in [1.807, 2.05) is 41.8 Å². The number of nitrogens with zero attached hydrogens (tertiary/aromatic N) is 3. The lowest BCUT2D eigenvalue weighted by molar-refractivity contribution is -0.113. The third-order valence-corrected chi connectivity index (χ3v) is 6.20. The van der Waals surface area contributed by atoms with E-state index in [0.717, 1.165) is 54.3 Å². The molecule has 4 rings (SSSR count). The third-order valence-electron chi connectivity index (χ3n) is 5.23. The van der Waals surface area contributed by atoms with Crippen molar-refractivity contribution in [3.63, 3.8) is 0 Å². The summed E-state index contributed by atoms with van der Waals surface area (Å²) in [6.45, 7) is 5.43. The first-order valence-corrected chi connectivity index (χ1v) is 11.2. The van der Waals surface area contributed by atoms with Crippen molar-refractivity contribution in [3.05, 3.63) is 47.9 Å². The van der Waals surface area contributed by atoms with Gasteiger partial charge in [0.2, 0.25) is 5.91 Å². The Morgan fingerprint density at radius 2 is 2.17 bits per heavy atom. The number of aromatic nitrogens is 3. The van der Waals surface area contributed by atoms with E-state index in [0.29, 0.717) is 11.7 Å². The van der Waals surface area contributed by atoms with Gasteiger partial charge in [-0.3, -0.25) is 9.36 Å². The summed E-state index contributed by atoms with van der Waals surface area (Å²) in [6, 6.07) is 9.77. The highest BCUT2D eigenvalue weighted by atomic mass is 32.2. The first kappa shape index (κ1) is 20.7. The Morgan fingerprint density at radius 3 is 2.90 bits per heavy atom. The molecule has 8 heteroatoms. The number of hydrogen-bond acceptors (Lipinski definition) is 6. The molecule has 0 saturated carbocycles. The van der Waals surface area contributed by atoms with Gasteiger partial charge in [0.25, 0.3) is 0 Å². The molecule has 1 aliphatic rings. The van der Waals surface area contributed by atoms with Crippen molar-refractivity contribution < 1.29 is 13.9 Å². The molecule has 1 atom stereocenters. The van der Waals surface area contributed by atoms with Crippen LogP contribution in [0.1, 0.15) is 31.1 Å². The Labute approximate surface area is 180 Å². The predicted molar refractivity (Wildman–Crippen MR) is 117 cm³/mol. The molecular formula is C22H26N4O3S. The van der Waals surface area contributed by atoms with Gasteiger partial charge in [-0.1, -0.05) is 36.9 Å². The summed E-state index contributed by atoms with van der Waals surface area (Å²) in [5, 5.41) is 12.5. The summed E-state index contributed by atoms with van der Waals surface area (Å²) in [5.74, 6) is 1.73. The van der Waals surface area contributed by atoms with E-state index in [-0.39, 0.29) is 17.8 Å². The van der Waals surface area contributed by atoms with Crippen molar-refractivity contribution in [3.8, 4) is 11.4 Å². The number of furan rings is 1. The first-order chi connectivity index (χ1) is 14.7. The standard InChI is InChI=1S/C22H26N4O3S/c1-3-16-7-4-5-9-19(16)23-20(27)14-30-22-25-24-21(18-10-12-28-15(18)2)26(22)13-17-8-6-11-29-17/h4-5,7,9-10,12,17H,3,6,8,11,13-14H2,1-2H3,(H,23,27)/t17-/m1/s1. The lowest BCUT2D eigenvalue weighted by Gasteiger charge is -2.14. The van der Waals surface area contributed by atoms with E-state index in [1.165, 1.54) is 11.8 Å². The van der Waals surface area contributed by atoms with E-state index in [9.17, 15) is 4.79 Å². The highest BCUT2D eigenvalue weighted by Crippen LogP contribution is 2.29. The summed E-state index contributed by atoms with van der Waals surface area (Å²) in [7, 11) is 0. The number of nitrogens with one attached hydrogen (secondary N) is 1. The molecule has 0 unspecified atom stereocenters. The van der Waals surface area contributed by atoms with Crippen LogP contribution in [0.4, 0.5) is 5.69 Å². The predicted octanol–water partition coefficient (Wildman–Crippen LogP) is 4.32. The van der Waals surface area contributed by atoms with Gasteiger partial charge in [0.05, 0.1) is 30.2 Å². The Balaban J connectivity index is 1.49. The van der Waals surface area contributed by atoms with Crippen LogP contribution in [0.5, 0.6) is 0 Å². The largest absolute Gasteiger partial charge is 0.469 e. The number of amides is 1. The molecule has 1 fully saturated rings. The molecule has 158 valence electrons. The van der Waals surface area contributed by atoms with Crippen LogP contribution in [0, 0.1) is 6.92 Å². The van der Waals surface area contributed by atoms with Crippen LogP contribution >= 0.6 is 11.8 Å². The van der Waals surface area contributed by atoms with Crippen LogP contribution < -0.4 is 5.32 Å². The minimum absolute atomic E-state index is 0.0615. The maximum atomic E-state index is 12.6. The zero-order valence-electron chi connectivity index (χ0n) is 17.3. The van der Waals surface area contributed by atoms with E-state index >= 15 is 0 Å². The van der Waals surface area contributed by atoms with Crippen LogP contribution in [-0.2, 0) is 22.5 Å². The van der Waals surface area contributed by atoms with Gasteiger partial charge in [0, 0.05) is 12.3 Å². The fourth-order valence-corrected chi connectivity index (χ4v) is 4.38. The van der Waals surface area contributed by atoms with Gasteiger partial charge < -0.3 is 14.5 Å². The summed E-state index contributed by atoms with van der Waals surface area (Å²) in [5.41, 5.74) is 2.89. The molecule has 3 aromatic rings. The molecule has 1 aliphatic heterocycles. The Kier molecular flexibility index (Phi) is 6.54. The maximum Gasteiger partial charge on any atom is 0.234 e. The second kappa shape index (κ2) is 9.49. The summed E-state index contributed by atoms with van der Waals surface area (Å²) < 4.78 is 13.3. The number of ether oxygens (including phenoxy) is 1. The Hall–Kier alpha value is -2.58. The smallest absolute Gasteiger partial charge is 0.234 e. The number of benzene rings is 1. The van der Waals surface area contributed by atoms with Crippen LogP contribution in [0.3, 0.4) is 0 Å². The summed E-state index contributed by atoms with van der Waals surface area (Å²) >= 11 is 1.39. The SMILES string of the molecule is CCc1ccccc1NC(=O)CSc1nnc(-c2ccoc2C)n1C[C@H]1CCCO1. The average Bonchev–Trinajstić information content (AvgIpc) is 3.49. The monoisotopic (exact) mass is 426 g/mol. The molecule has 1 saturated heterocycles. The molecule has 0 aliphatic carbocycles. The zero-order chi connectivity index (χ0) is 20.9. The molecule has 1 aromatic carbocycles. The van der Waals surface area contributed by atoms with Crippen molar-refractivity contribution in [2.75, 3.05) is 17.7 Å². The highest BCUT2D eigenvalue weighted by Gasteiger charge is 2.23. The van der Waals surface area contributed by atoms with Crippen LogP contribution in [-0.4, -0.2) is 39.1 Å². The van der Waals surface area contributed by atoms with E-state index in [4.69, 9.17) is 9.15 Å². The number of hydrogen-bond donors (Lipinski definition) is 1. The lowest BCUT2D eigenvalue weighted by Crippen LogP contribution is -2.18. The first-order valence-electron chi connectivity index (χ1n) is 10.3. The molecule has 1 amide bonds. The van der Waals surface area contributed by atoms with Gasteiger partial charge in [-0.05, 0) is 43.9 Å². The quantitative estimate of drug-likeness (QED) is 0.540. The summed E-state index contributed by atoms with van der Waals surface area (Å²) in [4.78, 5) is 12.6. The number of para-hydroxylation sites is 1. The number of carbonyl (C=O) groups is 1. The second-order valence-electron chi connectivity index (χ2n) is 7.29. The normalized spacial score (nSPS) is 16.1. The van der Waals surface area contributed by atoms with Crippen LogP contribution in [0.2, 0.25) is 0 Å². The number of rotatable bonds is 8. The van der Waals surface area contributed by atoms with Crippen LogP contribution in [0.15, 0.2) is 46.2 Å². The van der Waals surface area contributed by atoms with Gasteiger partial charge in [-0.15, -0.1) is 10.2 Å². The number of anilines is 1. The topological polar surface area (TPSA) is 82.2 Å². The van der Waals surface area contributed by atoms with Crippen molar-refractivity contribution in [1.82, 2.24) is 14.8 Å². The van der Waals surface area contributed by atoms with Crippen molar-refractivity contribution >= 4 is 23.4 Å². The van der Waals surface area contributed by atoms with Gasteiger partial charge in [0.1, 0.15) is 5.76 Å². The summed E-state index contributed by atoms with van der Waals surface area (Å²) in [6.07, 6.45) is 4.74. The minimum Gasteiger partial charge on any atom is -0.469 e. The van der Waals surface area contributed by atoms with E-state index in [1.54, 1.807) is 6.26 Å². The molecular weight excluding hydrogens is 400 g/mol. The number of thioether (sulfide) groups is 1. The molecule has 0 radical (unpaired) electrons. The highest BCUT2D eigenvalue weighted by molar-refractivity contribution is 7.99. The van der Waals surface area contributed by atoms with Gasteiger partial charge in [-0.2, -0.15) is 0 Å². The van der Waals surface area contributed by atoms with Gasteiger partial charge in [0.15, 0.2) is 11.0 Å². The molecule has 3 heterocycles. The fourth-order valence-electron chi connectivity index (χ4n) is 3.64. The third kappa shape index (κ3) is 4.60. The molecule has 7 nitrogen and oxygen atoms in total. The fraction of sp³-hybridized carbons (Fsp3) is 0.409. The Morgan fingerprint density at radius 1 is 1.30 bits per heavy atom. The molecule has 2 aromatic heterocycles. The van der Waals surface area contributed by atoms with Crippen molar-refractivity contribution in [2.45, 2.75) is 50.9 Å². The van der Waals surface area contributed by atoms with E-state index < -0.39 is 0 Å². The average molecular weight is 427 g/mol. The van der Waals surface area contributed by atoms with E-state index in [2.05, 4.69) is 22.4 Å². The molecule has 1 N–H and O–H groups in total.